The quantitative estimate of drug-likeness (QED) is 0.662. The molecule has 22 heavy (non-hydrogen) atoms. The molecule has 1 aliphatic carbocycles. The highest BCUT2D eigenvalue weighted by molar-refractivity contribution is 7.98. The van der Waals surface area contributed by atoms with E-state index in [-0.39, 0.29) is 0 Å². The Morgan fingerprint density at radius 1 is 1.14 bits per heavy atom. The van der Waals surface area contributed by atoms with Crippen molar-refractivity contribution in [3.8, 4) is 6.07 Å². The number of fused-ring (bicyclic) bond motifs is 2. The lowest BCUT2D eigenvalue weighted by Crippen LogP contribution is -1.85. The van der Waals surface area contributed by atoms with E-state index in [4.69, 9.17) is 0 Å². The Morgan fingerprint density at radius 3 is 2.95 bits per heavy atom. The average molecular weight is 304 g/mol. The first kappa shape index (κ1) is 13.5. The zero-order valence-corrected chi connectivity index (χ0v) is 13.1. The van der Waals surface area contributed by atoms with Gasteiger partial charge in [-0.15, -0.1) is 11.8 Å². The molecular formula is C19H16N2S. The second kappa shape index (κ2) is 5.55. The molecule has 0 amide bonds. The molecule has 108 valence electrons. The number of aryl methyl sites for hydroxylation is 2. The lowest BCUT2D eigenvalue weighted by molar-refractivity contribution is 0.911. The molecule has 2 heterocycles. The Bertz CT molecular complexity index is 886. The molecule has 3 aromatic rings. The summed E-state index contributed by atoms with van der Waals surface area (Å²) in [6.45, 7) is 0. The highest BCUT2D eigenvalue weighted by Crippen LogP contribution is 2.31. The summed E-state index contributed by atoms with van der Waals surface area (Å²) in [4.78, 5) is 1.31. The standard InChI is InChI=1S/C19H16N2S/c20-11-18-16(12-21-9-2-1-6-19(18)21)13-22-17-8-7-14-4-3-5-15(14)10-17/h1-2,6-10,12H,3-5,13H2. The van der Waals surface area contributed by atoms with Crippen LogP contribution < -0.4 is 0 Å². The van der Waals surface area contributed by atoms with Gasteiger partial charge in [-0.3, -0.25) is 0 Å². The van der Waals surface area contributed by atoms with E-state index in [9.17, 15) is 5.26 Å². The van der Waals surface area contributed by atoms with E-state index in [0.29, 0.717) is 0 Å². The second-order valence-electron chi connectivity index (χ2n) is 5.71. The molecule has 0 N–H and O–H groups in total. The van der Waals surface area contributed by atoms with Crippen molar-refractivity contribution in [2.45, 2.75) is 29.9 Å². The molecule has 4 rings (SSSR count). The summed E-state index contributed by atoms with van der Waals surface area (Å²) in [5.41, 5.74) is 5.92. The number of nitrogens with zero attached hydrogens (tertiary/aromatic N) is 2. The Balaban J connectivity index is 1.60. The smallest absolute Gasteiger partial charge is 0.102 e. The first-order chi connectivity index (χ1) is 10.8. The van der Waals surface area contributed by atoms with Gasteiger partial charge in [0.1, 0.15) is 6.07 Å². The number of hydrogen-bond donors (Lipinski definition) is 0. The van der Waals surface area contributed by atoms with Gasteiger partial charge in [0.05, 0.1) is 11.1 Å². The van der Waals surface area contributed by atoms with E-state index in [2.05, 4.69) is 30.5 Å². The molecule has 0 bridgehead atoms. The highest BCUT2D eigenvalue weighted by Gasteiger charge is 2.13. The SMILES string of the molecule is N#Cc1c(CSc2ccc3c(c2)CCC3)cn2ccccc12. The van der Waals surface area contributed by atoms with Crippen molar-refractivity contribution < 1.29 is 0 Å². The van der Waals surface area contributed by atoms with Crippen LogP contribution in [0.5, 0.6) is 0 Å². The lowest BCUT2D eigenvalue weighted by atomic mass is 10.1. The van der Waals surface area contributed by atoms with Gasteiger partial charge in [0.15, 0.2) is 0 Å². The fourth-order valence-corrected chi connectivity index (χ4v) is 4.15. The van der Waals surface area contributed by atoms with Gasteiger partial charge in [0.2, 0.25) is 0 Å². The molecule has 0 spiro atoms. The van der Waals surface area contributed by atoms with Gasteiger partial charge < -0.3 is 4.40 Å². The van der Waals surface area contributed by atoms with Crippen molar-refractivity contribution in [3.05, 3.63) is 71.0 Å². The third kappa shape index (κ3) is 2.30. The summed E-state index contributed by atoms with van der Waals surface area (Å²) in [7, 11) is 0. The van der Waals surface area contributed by atoms with Crippen LogP contribution in [0, 0.1) is 11.3 Å². The summed E-state index contributed by atoms with van der Waals surface area (Å²) < 4.78 is 2.04. The van der Waals surface area contributed by atoms with E-state index in [1.165, 1.54) is 35.3 Å². The molecule has 0 fully saturated rings. The van der Waals surface area contributed by atoms with Crippen LogP contribution in [0.3, 0.4) is 0 Å². The van der Waals surface area contributed by atoms with Gasteiger partial charge in [-0.2, -0.15) is 5.26 Å². The summed E-state index contributed by atoms with van der Waals surface area (Å²) >= 11 is 1.82. The molecule has 2 nitrogen and oxygen atoms in total. The van der Waals surface area contributed by atoms with Crippen molar-refractivity contribution in [3.63, 3.8) is 0 Å². The third-order valence-corrected chi connectivity index (χ3v) is 5.38. The number of aromatic nitrogens is 1. The van der Waals surface area contributed by atoms with Gasteiger partial charge in [0.25, 0.3) is 0 Å². The normalized spacial score (nSPS) is 13.2. The monoisotopic (exact) mass is 304 g/mol. The minimum absolute atomic E-state index is 0.800. The van der Waals surface area contributed by atoms with Crippen LogP contribution in [0.1, 0.15) is 28.7 Å². The van der Waals surface area contributed by atoms with E-state index in [1.807, 2.05) is 40.6 Å². The molecule has 1 aliphatic rings. The summed E-state index contributed by atoms with van der Waals surface area (Å²) in [5.74, 6) is 0.837. The number of hydrogen-bond acceptors (Lipinski definition) is 2. The minimum atomic E-state index is 0.800. The van der Waals surface area contributed by atoms with Crippen LogP contribution in [-0.2, 0) is 18.6 Å². The van der Waals surface area contributed by atoms with Gasteiger partial charge in [-0.1, -0.05) is 12.1 Å². The van der Waals surface area contributed by atoms with Crippen LogP contribution in [0.15, 0.2) is 53.7 Å². The van der Waals surface area contributed by atoms with Gasteiger partial charge in [0, 0.05) is 23.0 Å². The van der Waals surface area contributed by atoms with E-state index in [0.717, 1.165) is 22.4 Å². The summed E-state index contributed by atoms with van der Waals surface area (Å²) in [6, 6.07) is 15.2. The van der Waals surface area contributed by atoms with Crippen molar-refractivity contribution in [1.82, 2.24) is 4.40 Å². The summed E-state index contributed by atoms with van der Waals surface area (Å²) in [6.07, 6.45) is 7.80. The molecule has 3 heteroatoms. The third-order valence-electron chi connectivity index (χ3n) is 4.34. The Labute approximate surface area is 134 Å². The fraction of sp³-hybridized carbons (Fsp3) is 0.211. The number of pyridine rings is 1. The maximum atomic E-state index is 9.46. The second-order valence-corrected chi connectivity index (χ2v) is 6.76. The number of benzene rings is 1. The first-order valence-electron chi connectivity index (χ1n) is 7.58. The topological polar surface area (TPSA) is 28.2 Å². The van der Waals surface area contributed by atoms with E-state index >= 15 is 0 Å². The molecule has 1 aromatic carbocycles. The molecule has 0 radical (unpaired) electrons. The van der Waals surface area contributed by atoms with Crippen LogP contribution in [-0.4, -0.2) is 4.40 Å². The van der Waals surface area contributed by atoms with Crippen molar-refractivity contribution in [2.24, 2.45) is 0 Å². The maximum Gasteiger partial charge on any atom is 0.102 e. The van der Waals surface area contributed by atoms with Crippen molar-refractivity contribution in [1.29, 1.82) is 5.26 Å². The molecule has 2 aromatic heterocycles. The zero-order chi connectivity index (χ0) is 14.9. The molecule has 0 aliphatic heterocycles. The Kier molecular flexibility index (Phi) is 3.40. The molecular weight excluding hydrogens is 288 g/mol. The van der Waals surface area contributed by atoms with Crippen LogP contribution in [0.4, 0.5) is 0 Å². The zero-order valence-electron chi connectivity index (χ0n) is 12.2. The number of nitriles is 1. The molecule has 0 saturated carbocycles. The Hall–Kier alpha value is -2.18. The van der Waals surface area contributed by atoms with Gasteiger partial charge >= 0.3 is 0 Å². The minimum Gasteiger partial charge on any atom is -0.322 e. The maximum absolute atomic E-state index is 9.46. The molecule has 0 unspecified atom stereocenters. The number of thioether (sulfide) groups is 1. The lowest BCUT2D eigenvalue weighted by Gasteiger charge is -2.04. The van der Waals surface area contributed by atoms with Crippen LogP contribution >= 0.6 is 11.8 Å². The van der Waals surface area contributed by atoms with Crippen LogP contribution in [0.2, 0.25) is 0 Å². The fourth-order valence-electron chi connectivity index (χ4n) is 3.22. The predicted octanol–water partition coefficient (Wildman–Crippen LogP) is 4.59. The van der Waals surface area contributed by atoms with Gasteiger partial charge in [-0.05, 0) is 60.2 Å². The number of rotatable bonds is 3. The average Bonchev–Trinajstić information content (AvgIpc) is 3.15. The van der Waals surface area contributed by atoms with Crippen molar-refractivity contribution in [2.75, 3.05) is 0 Å². The molecule has 0 atom stereocenters. The highest BCUT2D eigenvalue weighted by atomic mass is 32.2. The van der Waals surface area contributed by atoms with E-state index in [1.54, 1.807) is 0 Å². The van der Waals surface area contributed by atoms with Crippen LogP contribution in [0.25, 0.3) is 5.52 Å². The largest absolute Gasteiger partial charge is 0.322 e. The van der Waals surface area contributed by atoms with Crippen molar-refractivity contribution >= 4 is 17.3 Å². The van der Waals surface area contributed by atoms with Gasteiger partial charge in [-0.25, -0.2) is 0 Å². The summed E-state index contributed by atoms with van der Waals surface area (Å²) in [5, 5.41) is 9.46. The van der Waals surface area contributed by atoms with E-state index < -0.39 is 0 Å². The first-order valence-corrected chi connectivity index (χ1v) is 8.57. The predicted molar refractivity (Wildman–Crippen MR) is 90.1 cm³/mol. The Morgan fingerprint density at radius 2 is 2.05 bits per heavy atom. The molecule has 0 saturated heterocycles.